The number of nitrogen functional groups attached to an aromatic ring is 2. The number of hydrogen-bond donors (Lipinski definition) is 2. The summed E-state index contributed by atoms with van der Waals surface area (Å²) in [6, 6.07) is 6.66. The van der Waals surface area contributed by atoms with Crippen molar-refractivity contribution in [2.45, 2.75) is 6.54 Å². The summed E-state index contributed by atoms with van der Waals surface area (Å²) in [5.74, 6) is -0.675. The number of benzene rings is 1. The molecular weight excluding hydrogens is 262 g/mol. The highest BCUT2D eigenvalue weighted by Gasteiger charge is 2.37. The van der Waals surface area contributed by atoms with E-state index in [0.29, 0.717) is 22.5 Å². The molecule has 0 atom stereocenters. The summed E-state index contributed by atoms with van der Waals surface area (Å²) < 4.78 is 0. The molecule has 0 aliphatic carbocycles. The van der Waals surface area contributed by atoms with Crippen LogP contribution in [0.5, 0.6) is 0 Å². The lowest BCUT2D eigenvalue weighted by atomic mass is 10.1. The van der Waals surface area contributed by atoms with Gasteiger partial charge in [-0.15, -0.1) is 11.3 Å². The van der Waals surface area contributed by atoms with E-state index in [2.05, 4.69) is 0 Å². The van der Waals surface area contributed by atoms with Crippen LogP contribution in [0.15, 0.2) is 29.6 Å². The van der Waals surface area contributed by atoms with E-state index >= 15 is 0 Å². The summed E-state index contributed by atoms with van der Waals surface area (Å²) >= 11 is 1.42. The summed E-state index contributed by atoms with van der Waals surface area (Å²) in [7, 11) is 0. The van der Waals surface area contributed by atoms with Crippen LogP contribution < -0.4 is 11.5 Å². The minimum absolute atomic E-state index is 0.190. The van der Waals surface area contributed by atoms with Crippen LogP contribution in [0.3, 0.4) is 0 Å². The number of hydrogen-bond acceptors (Lipinski definition) is 5. The largest absolute Gasteiger partial charge is 0.398 e. The van der Waals surface area contributed by atoms with Gasteiger partial charge in [0.2, 0.25) is 0 Å². The fraction of sp³-hybridized carbons (Fsp3) is 0.0769. The highest BCUT2D eigenvalue weighted by atomic mass is 32.1. The number of carbonyl (C=O) groups is 2. The normalized spacial score (nSPS) is 14.0. The van der Waals surface area contributed by atoms with E-state index in [-0.39, 0.29) is 18.4 Å². The van der Waals surface area contributed by atoms with Gasteiger partial charge in [0, 0.05) is 16.3 Å². The third-order valence-electron chi connectivity index (χ3n) is 3.11. The predicted molar refractivity (Wildman–Crippen MR) is 73.8 cm³/mol. The molecule has 19 heavy (non-hydrogen) atoms. The summed E-state index contributed by atoms with van der Waals surface area (Å²) in [5, 5.41) is 1.83. The second-order valence-electron chi connectivity index (χ2n) is 4.27. The Balaban J connectivity index is 1.99. The molecule has 4 N–H and O–H groups in total. The third-order valence-corrected chi connectivity index (χ3v) is 4.03. The minimum Gasteiger partial charge on any atom is -0.398 e. The zero-order valence-corrected chi connectivity index (χ0v) is 10.7. The first-order chi connectivity index (χ1) is 9.09. The van der Waals surface area contributed by atoms with Crippen molar-refractivity contribution < 1.29 is 9.59 Å². The van der Waals surface area contributed by atoms with Gasteiger partial charge in [0.15, 0.2) is 0 Å². The second-order valence-corrected chi connectivity index (χ2v) is 5.27. The summed E-state index contributed by atoms with van der Waals surface area (Å²) in [5.41, 5.74) is 13.1. The Morgan fingerprint density at radius 3 is 2.47 bits per heavy atom. The molecule has 0 radical (unpaired) electrons. The second kappa shape index (κ2) is 4.10. The van der Waals surface area contributed by atoms with E-state index in [4.69, 9.17) is 11.5 Å². The third kappa shape index (κ3) is 1.68. The van der Waals surface area contributed by atoms with Gasteiger partial charge in [-0.1, -0.05) is 6.07 Å². The molecule has 6 heteroatoms. The molecule has 0 saturated heterocycles. The minimum atomic E-state index is -0.356. The molecule has 1 aromatic carbocycles. The van der Waals surface area contributed by atoms with Crippen molar-refractivity contribution in [3.05, 3.63) is 45.6 Å². The maximum atomic E-state index is 12.3. The highest BCUT2D eigenvalue weighted by molar-refractivity contribution is 7.10. The Hall–Kier alpha value is -2.34. The Morgan fingerprint density at radius 2 is 1.84 bits per heavy atom. The number of fused-ring (bicyclic) bond motifs is 1. The molecule has 2 aromatic rings. The average Bonchev–Trinajstić information content (AvgIpc) is 2.88. The van der Waals surface area contributed by atoms with E-state index in [1.807, 2.05) is 5.38 Å². The van der Waals surface area contributed by atoms with Gasteiger partial charge in [0.05, 0.1) is 17.7 Å². The summed E-state index contributed by atoms with van der Waals surface area (Å²) in [6.07, 6.45) is 0. The van der Waals surface area contributed by atoms with Crippen LogP contribution >= 0.6 is 11.3 Å². The van der Waals surface area contributed by atoms with E-state index in [1.165, 1.54) is 16.2 Å². The van der Waals surface area contributed by atoms with Gasteiger partial charge in [-0.2, -0.15) is 0 Å². The number of anilines is 2. The monoisotopic (exact) mass is 273 g/mol. The molecule has 3 rings (SSSR count). The topological polar surface area (TPSA) is 89.4 Å². The van der Waals surface area contributed by atoms with Crippen molar-refractivity contribution in [3.8, 4) is 0 Å². The van der Waals surface area contributed by atoms with Crippen molar-refractivity contribution in [1.29, 1.82) is 0 Å². The Bertz CT molecular complexity index is 693. The van der Waals surface area contributed by atoms with Gasteiger partial charge < -0.3 is 11.5 Å². The van der Waals surface area contributed by atoms with Gasteiger partial charge in [-0.25, -0.2) is 0 Å². The van der Waals surface area contributed by atoms with Crippen molar-refractivity contribution >= 4 is 34.5 Å². The Morgan fingerprint density at radius 1 is 1.05 bits per heavy atom. The van der Waals surface area contributed by atoms with Crippen LogP contribution in [-0.4, -0.2) is 16.7 Å². The number of nitrogens with zero attached hydrogens (tertiary/aromatic N) is 1. The number of thiophene rings is 1. The van der Waals surface area contributed by atoms with Crippen molar-refractivity contribution in [2.75, 3.05) is 11.5 Å². The smallest absolute Gasteiger partial charge is 0.263 e. The van der Waals surface area contributed by atoms with Crippen LogP contribution in [-0.2, 0) is 6.54 Å². The van der Waals surface area contributed by atoms with Crippen molar-refractivity contribution in [3.63, 3.8) is 0 Å². The van der Waals surface area contributed by atoms with Gasteiger partial charge in [-0.3, -0.25) is 14.5 Å². The molecule has 0 saturated carbocycles. The molecule has 5 nitrogen and oxygen atoms in total. The lowest BCUT2D eigenvalue weighted by Gasteiger charge is -2.13. The van der Waals surface area contributed by atoms with E-state index < -0.39 is 0 Å². The first-order valence-corrected chi connectivity index (χ1v) is 6.54. The van der Waals surface area contributed by atoms with Crippen LogP contribution in [0.1, 0.15) is 25.6 Å². The zero-order valence-electron chi connectivity index (χ0n) is 9.92. The van der Waals surface area contributed by atoms with Crippen LogP contribution in [0.25, 0.3) is 0 Å². The maximum Gasteiger partial charge on any atom is 0.263 e. The van der Waals surface area contributed by atoms with Crippen molar-refractivity contribution in [1.82, 2.24) is 4.90 Å². The fourth-order valence-electron chi connectivity index (χ4n) is 2.13. The SMILES string of the molecule is Nc1ccsc1CN1C(=O)c2cccc(N)c2C1=O. The first kappa shape index (κ1) is 11.7. The predicted octanol–water partition coefficient (Wildman–Crippen LogP) is 1.71. The summed E-state index contributed by atoms with van der Waals surface area (Å²) in [6.45, 7) is 0.190. The molecule has 2 heterocycles. The molecule has 1 aromatic heterocycles. The molecule has 0 fully saturated rings. The molecule has 1 aliphatic heterocycles. The standard InChI is InChI=1S/C13H11N3O2S/c14-8-4-5-19-10(8)6-16-12(17)7-2-1-3-9(15)11(7)13(16)18/h1-5H,6,14-15H2. The maximum absolute atomic E-state index is 12.3. The molecule has 1 aliphatic rings. The number of rotatable bonds is 2. The number of amides is 2. The van der Waals surface area contributed by atoms with Crippen LogP contribution in [0, 0.1) is 0 Å². The molecule has 0 unspecified atom stereocenters. The average molecular weight is 273 g/mol. The molecular formula is C13H11N3O2S. The summed E-state index contributed by atoms with van der Waals surface area (Å²) in [4.78, 5) is 26.4. The Kier molecular flexibility index (Phi) is 2.53. The number of carbonyl (C=O) groups excluding carboxylic acids is 2. The molecule has 0 spiro atoms. The highest BCUT2D eigenvalue weighted by Crippen LogP contribution is 2.30. The van der Waals surface area contributed by atoms with Crippen LogP contribution in [0.2, 0.25) is 0 Å². The van der Waals surface area contributed by atoms with Gasteiger partial charge >= 0.3 is 0 Å². The Labute approximate surface area is 113 Å². The zero-order chi connectivity index (χ0) is 13.6. The van der Waals surface area contributed by atoms with Gasteiger partial charge in [0.25, 0.3) is 11.8 Å². The molecule has 96 valence electrons. The molecule has 2 amide bonds. The van der Waals surface area contributed by atoms with Crippen LogP contribution in [0.4, 0.5) is 11.4 Å². The number of nitrogens with two attached hydrogens (primary N) is 2. The van der Waals surface area contributed by atoms with Crippen molar-refractivity contribution in [2.24, 2.45) is 0 Å². The molecule has 0 bridgehead atoms. The lowest BCUT2D eigenvalue weighted by Crippen LogP contribution is -2.29. The lowest BCUT2D eigenvalue weighted by molar-refractivity contribution is 0.0644. The first-order valence-electron chi connectivity index (χ1n) is 5.66. The van der Waals surface area contributed by atoms with E-state index in [9.17, 15) is 9.59 Å². The van der Waals surface area contributed by atoms with Gasteiger partial charge in [0.1, 0.15) is 0 Å². The van der Waals surface area contributed by atoms with E-state index in [1.54, 1.807) is 24.3 Å². The number of imide groups is 1. The quantitative estimate of drug-likeness (QED) is 0.644. The fourth-order valence-corrected chi connectivity index (χ4v) is 2.91. The van der Waals surface area contributed by atoms with E-state index in [0.717, 1.165) is 4.88 Å². The van der Waals surface area contributed by atoms with Gasteiger partial charge in [-0.05, 0) is 23.6 Å².